The molecule has 1 spiro atoms. The lowest BCUT2D eigenvalue weighted by Gasteiger charge is -2.64. The van der Waals surface area contributed by atoms with Gasteiger partial charge in [-0.1, -0.05) is 19.4 Å². The monoisotopic (exact) mass is 804 g/mol. The summed E-state index contributed by atoms with van der Waals surface area (Å²) in [7, 11) is 0. The van der Waals surface area contributed by atoms with Gasteiger partial charge in [0, 0.05) is 0 Å². The molecule has 4 aliphatic carbocycles. The summed E-state index contributed by atoms with van der Waals surface area (Å²) in [6.45, 7) is 3.77. The Morgan fingerprint density at radius 3 is 1.75 bits per heavy atom. The zero-order valence-corrected chi connectivity index (χ0v) is 31.9. The summed E-state index contributed by atoms with van der Waals surface area (Å²) >= 11 is 0. The summed E-state index contributed by atoms with van der Waals surface area (Å²) in [4.78, 5) is 12.7. The standard InChI is InChI=1S/C38H60O18/c1-16-11-37-9-5-20-35(2,7-4-8-36(20,3)34(49)50)21(37)6-10-38(16,15-37)56-33-30(55-32-28(48)26(46)23(43)18(13-40)52-32)29(24(44)19(14-41)53-33)54-31-27(47)25(45)22(42)17(12-39)51-31/h11,17-33,39-48H,4-10,12-15H2,1-3H3,(H,49,50)/t17-,18-,19-,20-,21-,22-,23-,24-,25+,26+,27-,28-,29+,30-,31+,32-,33+,35+,36?,37+,38+/m1/s1. The molecule has 3 saturated heterocycles. The van der Waals surface area contributed by atoms with Crippen molar-refractivity contribution in [3.63, 3.8) is 0 Å². The molecule has 0 amide bonds. The lowest BCUT2D eigenvalue weighted by atomic mass is 9.40. The Balaban J connectivity index is 1.22. The van der Waals surface area contributed by atoms with Crippen LogP contribution in [0.4, 0.5) is 0 Å². The van der Waals surface area contributed by atoms with Gasteiger partial charge in [0.15, 0.2) is 18.9 Å². The van der Waals surface area contributed by atoms with Crippen LogP contribution < -0.4 is 0 Å². The Bertz CT molecular complexity index is 1460. The van der Waals surface area contributed by atoms with Gasteiger partial charge in [-0.15, -0.1) is 0 Å². The van der Waals surface area contributed by atoms with Gasteiger partial charge in [0.25, 0.3) is 0 Å². The molecule has 7 rings (SSSR count). The van der Waals surface area contributed by atoms with Crippen LogP contribution in [0.5, 0.6) is 0 Å². The molecule has 18 nitrogen and oxygen atoms in total. The van der Waals surface area contributed by atoms with Crippen molar-refractivity contribution < 1.29 is 89.4 Å². The van der Waals surface area contributed by atoms with E-state index in [1.807, 2.05) is 13.8 Å². The normalized spacial score (nSPS) is 54.5. The fourth-order valence-corrected chi connectivity index (χ4v) is 11.9. The second-order valence-electron chi connectivity index (χ2n) is 17.9. The van der Waals surface area contributed by atoms with Crippen LogP contribution in [0.15, 0.2) is 11.6 Å². The molecule has 3 aliphatic heterocycles. The van der Waals surface area contributed by atoms with Crippen LogP contribution in [-0.4, -0.2) is 180 Å². The van der Waals surface area contributed by atoms with Gasteiger partial charge >= 0.3 is 5.97 Å². The highest BCUT2D eigenvalue weighted by Gasteiger charge is 2.68. The molecule has 0 aromatic rings. The SMILES string of the molecule is CC1=C[C@]23CC[C@H]4C(C)(C(=O)O)CCC[C@]4(C)[C@H]2CC[C@]1(O[C@@H]1O[C@H](CO)[C@@H](O)[C@H](O[C@@H]2O[C@H](CO)[C@@H](O)[C@H](O)[C@H]2O)[C@H]1O[C@H]1O[C@H](CO)[C@@H](O)[C@H](O)[C@H]1O)C3. The molecule has 3 saturated carbocycles. The van der Waals surface area contributed by atoms with Crippen LogP contribution in [0, 0.1) is 28.1 Å². The van der Waals surface area contributed by atoms with Gasteiger partial charge in [-0.05, 0) is 87.0 Å². The molecule has 18 heteroatoms. The number of rotatable bonds is 10. The molecule has 3 heterocycles. The highest BCUT2D eigenvalue weighted by Crippen LogP contribution is 2.72. The van der Waals surface area contributed by atoms with E-state index in [2.05, 4.69) is 13.0 Å². The molecule has 21 atom stereocenters. The predicted octanol–water partition coefficient (Wildman–Crippen LogP) is -2.37. The van der Waals surface area contributed by atoms with Gasteiger partial charge in [-0.3, -0.25) is 4.79 Å². The molecule has 0 aromatic heterocycles. The number of aliphatic hydroxyl groups excluding tert-OH is 10. The van der Waals surface area contributed by atoms with Crippen molar-refractivity contribution >= 4 is 5.97 Å². The lowest BCUT2D eigenvalue weighted by molar-refractivity contribution is -0.400. The summed E-state index contributed by atoms with van der Waals surface area (Å²) in [5, 5.41) is 116. The minimum atomic E-state index is -1.91. The smallest absolute Gasteiger partial charge is 0.309 e. The Morgan fingerprint density at radius 1 is 0.679 bits per heavy atom. The first-order valence-electron chi connectivity index (χ1n) is 19.9. The second kappa shape index (κ2) is 15.6. The number of ether oxygens (including phenoxy) is 6. The van der Waals surface area contributed by atoms with E-state index >= 15 is 0 Å². The van der Waals surface area contributed by atoms with Crippen molar-refractivity contribution in [1.29, 1.82) is 0 Å². The molecule has 56 heavy (non-hydrogen) atoms. The molecule has 1 unspecified atom stereocenters. The fourth-order valence-electron chi connectivity index (χ4n) is 11.9. The van der Waals surface area contributed by atoms with Crippen LogP contribution in [0.1, 0.15) is 72.1 Å². The maximum Gasteiger partial charge on any atom is 0.309 e. The van der Waals surface area contributed by atoms with Crippen LogP contribution in [0.2, 0.25) is 0 Å². The molecule has 0 radical (unpaired) electrons. The largest absolute Gasteiger partial charge is 0.481 e. The number of carboxylic acid groups (broad SMARTS) is 1. The molecule has 0 aromatic carbocycles. The number of hydrogen-bond acceptors (Lipinski definition) is 17. The summed E-state index contributed by atoms with van der Waals surface area (Å²) < 4.78 is 36.7. The summed E-state index contributed by atoms with van der Waals surface area (Å²) in [6, 6.07) is 0. The molecule has 7 aliphatic rings. The van der Waals surface area contributed by atoms with E-state index in [1.54, 1.807) is 0 Å². The minimum absolute atomic E-state index is 0.00952. The van der Waals surface area contributed by atoms with E-state index in [9.17, 15) is 61.0 Å². The average molecular weight is 805 g/mol. The fraction of sp³-hybridized carbons (Fsp3) is 0.921. The Kier molecular flexibility index (Phi) is 11.9. The number of carboxylic acids is 1. The average Bonchev–Trinajstić information content (AvgIpc) is 3.36. The van der Waals surface area contributed by atoms with Gasteiger partial charge < -0.3 is 84.6 Å². The van der Waals surface area contributed by atoms with Gasteiger partial charge in [-0.2, -0.15) is 0 Å². The topological polar surface area (TPSA) is 295 Å². The molecule has 11 N–H and O–H groups in total. The van der Waals surface area contributed by atoms with E-state index in [-0.39, 0.29) is 22.7 Å². The quantitative estimate of drug-likeness (QED) is 0.0812. The predicted molar refractivity (Wildman–Crippen MR) is 187 cm³/mol. The highest BCUT2D eigenvalue weighted by molar-refractivity contribution is 5.75. The second-order valence-corrected chi connectivity index (χ2v) is 17.9. The molecule has 320 valence electrons. The van der Waals surface area contributed by atoms with Crippen molar-refractivity contribution in [2.24, 2.45) is 28.1 Å². The molecule has 2 bridgehead atoms. The number of allylic oxidation sites excluding steroid dienone is 1. The number of aliphatic carboxylic acids is 1. The molecular formula is C38H60O18. The van der Waals surface area contributed by atoms with E-state index in [0.29, 0.717) is 32.1 Å². The Hall–Kier alpha value is -1.43. The molecular weight excluding hydrogens is 744 g/mol. The third-order valence-electron chi connectivity index (χ3n) is 14.9. The lowest BCUT2D eigenvalue weighted by Crippen LogP contribution is -2.68. The van der Waals surface area contributed by atoms with Crippen molar-refractivity contribution in [2.45, 2.75) is 170 Å². The van der Waals surface area contributed by atoms with Crippen LogP contribution >= 0.6 is 0 Å². The molecule has 6 fully saturated rings. The van der Waals surface area contributed by atoms with Gasteiger partial charge in [0.2, 0.25) is 0 Å². The summed E-state index contributed by atoms with van der Waals surface area (Å²) in [6.07, 6.45) is -17.5. The number of aliphatic hydroxyl groups is 10. The zero-order chi connectivity index (χ0) is 40.7. The van der Waals surface area contributed by atoms with Crippen LogP contribution in [0.25, 0.3) is 0 Å². The Morgan fingerprint density at radius 2 is 1.20 bits per heavy atom. The first-order valence-corrected chi connectivity index (χ1v) is 19.9. The van der Waals surface area contributed by atoms with E-state index < -0.39 is 129 Å². The number of fused-ring (bicyclic) bond motifs is 3. The van der Waals surface area contributed by atoms with Crippen molar-refractivity contribution in [2.75, 3.05) is 19.8 Å². The number of hydrogen-bond donors (Lipinski definition) is 11. The maximum absolute atomic E-state index is 12.7. The summed E-state index contributed by atoms with van der Waals surface area (Å²) in [5.41, 5.74) is -1.51. The van der Waals surface area contributed by atoms with Crippen molar-refractivity contribution in [1.82, 2.24) is 0 Å². The minimum Gasteiger partial charge on any atom is -0.481 e. The van der Waals surface area contributed by atoms with Crippen LogP contribution in [0.3, 0.4) is 0 Å². The first-order chi connectivity index (χ1) is 26.4. The zero-order valence-electron chi connectivity index (χ0n) is 31.9. The third kappa shape index (κ3) is 6.69. The maximum atomic E-state index is 12.7. The first kappa shape index (κ1) is 42.7. The summed E-state index contributed by atoms with van der Waals surface area (Å²) in [5.74, 6) is -0.619. The van der Waals surface area contributed by atoms with E-state index in [0.717, 1.165) is 24.8 Å². The van der Waals surface area contributed by atoms with E-state index in [1.165, 1.54) is 0 Å². The van der Waals surface area contributed by atoms with Crippen LogP contribution in [-0.2, 0) is 33.2 Å². The Labute approximate surface area is 324 Å². The van der Waals surface area contributed by atoms with Crippen molar-refractivity contribution in [3.05, 3.63) is 11.6 Å². The number of carbonyl (C=O) groups is 1. The van der Waals surface area contributed by atoms with Crippen molar-refractivity contribution in [3.8, 4) is 0 Å². The van der Waals surface area contributed by atoms with E-state index in [4.69, 9.17) is 28.4 Å². The third-order valence-corrected chi connectivity index (χ3v) is 14.9. The van der Waals surface area contributed by atoms with Gasteiger partial charge in [0.05, 0.1) is 30.8 Å². The highest BCUT2D eigenvalue weighted by atomic mass is 16.8. The van der Waals surface area contributed by atoms with Gasteiger partial charge in [0.1, 0.15) is 73.2 Å². The van der Waals surface area contributed by atoms with Gasteiger partial charge in [-0.25, -0.2) is 0 Å².